The van der Waals surface area contributed by atoms with Crippen molar-refractivity contribution in [2.75, 3.05) is 6.61 Å². The molecule has 0 fully saturated rings. The third kappa shape index (κ3) is 7.47. The minimum Gasteiger partial charge on any atom is -0.487 e. The predicted molar refractivity (Wildman–Crippen MR) is 211 cm³/mol. The highest BCUT2D eigenvalue weighted by atomic mass is 127. The maximum Gasteiger partial charge on any atom is 0.338 e. The van der Waals surface area contributed by atoms with Crippen molar-refractivity contribution in [1.29, 1.82) is 0 Å². The maximum atomic E-state index is 14.5. The molecule has 0 unspecified atom stereocenters. The molecule has 254 valence electrons. The molecule has 1 aromatic heterocycles. The number of nitrogens with zero attached hydrogens (tertiary/aromatic N) is 3. The van der Waals surface area contributed by atoms with Gasteiger partial charge in [-0.15, -0.1) is 0 Å². The van der Waals surface area contributed by atoms with E-state index < -0.39 is 16.9 Å². The third-order valence-corrected chi connectivity index (χ3v) is 10.6. The Labute approximate surface area is 319 Å². The Morgan fingerprint density at radius 2 is 1.74 bits per heavy atom. The Bertz CT molecular complexity index is 2300. The van der Waals surface area contributed by atoms with Gasteiger partial charge in [-0.3, -0.25) is 19.5 Å². The van der Waals surface area contributed by atoms with Crippen LogP contribution in [0, 0.1) is 17.3 Å². The number of esters is 1. The molecule has 0 saturated heterocycles. The van der Waals surface area contributed by atoms with Crippen LogP contribution < -0.4 is 19.6 Å². The summed E-state index contributed by atoms with van der Waals surface area (Å²) in [7, 11) is 0. The molecule has 12 heteroatoms. The number of fused-ring (bicyclic) bond motifs is 1. The van der Waals surface area contributed by atoms with Crippen LogP contribution in [0.5, 0.6) is 5.75 Å². The Kier molecular flexibility index (Phi) is 11.0. The van der Waals surface area contributed by atoms with Crippen LogP contribution in [0.4, 0.5) is 5.69 Å². The third-order valence-electron chi connectivity index (χ3n) is 8.15. The standard InChI is InChI=1S/C38H31I2N3O6S/c1-4-48-37(45)32-33(25-8-6-5-7-9-25)41-38-42(34(32)26-14-12-24(13-15-26)22(2)3)36(44)31(50-38)19-27-18-28(39)20-30(40)35(27)49-21-23-10-16-29(17-11-23)43(46)47/h5-20,22,34H,4,21H2,1-3H3/b31-19-/t34-/m0/s1. The van der Waals surface area contributed by atoms with Crippen LogP contribution in [0.15, 0.2) is 106 Å². The molecule has 1 aliphatic heterocycles. The zero-order valence-corrected chi connectivity index (χ0v) is 32.4. The lowest BCUT2D eigenvalue weighted by atomic mass is 9.91. The van der Waals surface area contributed by atoms with Crippen molar-refractivity contribution in [3.05, 3.63) is 161 Å². The van der Waals surface area contributed by atoms with E-state index in [0.29, 0.717) is 37.8 Å². The zero-order valence-electron chi connectivity index (χ0n) is 27.3. The van der Waals surface area contributed by atoms with Gasteiger partial charge in [-0.05, 0) is 105 Å². The molecule has 6 rings (SSSR count). The number of carbonyl (C=O) groups excluding carboxylic acids is 1. The first-order valence-corrected chi connectivity index (χ1v) is 18.8. The lowest BCUT2D eigenvalue weighted by Gasteiger charge is -2.26. The minimum absolute atomic E-state index is 0.00404. The van der Waals surface area contributed by atoms with Crippen LogP contribution in [0.3, 0.4) is 0 Å². The quantitative estimate of drug-likeness (QED) is 0.0614. The highest BCUT2D eigenvalue weighted by Gasteiger charge is 2.35. The zero-order chi connectivity index (χ0) is 35.5. The lowest BCUT2D eigenvalue weighted by molar-refractivity contribution is -0.384. The smallest absolute Gasteiger partial charge is 0.338 e. The number of rotatable bonds is 10. The molecule has 0 N–H and O–H groups in total. The fourth-order valence-electron chi connectivity index (χ4n) is 5.67. The topological polar surface area (TPSA) is 113 Å². The second-order valence-corrected chi connectivity index (χ2v) is 15.2. The van der Waals surface area contributed by atoms with E-state index in [1.807, 2.05) is 66.7 Å². The van der Waals surface area contributed by atoms with Crippen LogP contribution >= 0.6 is 56.5 Å². The number of hydrogen-bond donors (Lipinski definition) is 0. The van der Waals surface area contributed by atoms with Gasteiger partial charge in [-0.25, -0.2) is 9.79 Å². The van der Waals surface area contributed by atoms with E-state index in [1.54, 1.807) is 29.7 Å². The van der Waals surface area contributed by atoms with Gasteiger partial charge >= 0.3 is 5.97 Å². The first-order chi connectivity index (χ1) is 24.0. The first-order valence-electron chi connectivity index (χ1n) is 15.8. The van der Waals surface area contributed by atoms with Crippen molar-refractivity contribution in [3.63, 3.8) is 0 Å². The van der Waals surface area contributed by atoms with Crippen LogP contribution in [0.25, 0.3) is 11.8 Å². The van der Waals surface area contributed by atoms with Gasteiger partial charge in [0.05, 0.1) is 36.9 Å². The van der Waals surface area contributed by atoms with Gasteiger partial charge < -0.3 is 9.47 Å². The molecular weight excluding hydrogens is 880 g/mol. The summed E-state index contributed by atoms with van der Waals surface area (Å²) in [6.45, 7) is 6.33. The summed E-state index contributed by atoms with van der Waals surface area (Å²) < 4.78 is 15.7. The van der Waals surface area contributed by atoms with Crippen molar-refractivity contribution in [2.24, 2.45) is 4.99 Å². The van der Waals surface area contributed by atoms with E-state index in [1.165, 1.54) is 23.5 Å². The number of aromatic nitrogens is 1. The second kappa shape index (κ2) is 15.4. The fourth-order valence-corrected chi connectivity index (χ4v) is 8.71. The lowest BCUT2D eigenvalue weighted by Crippen LogP contribution is -2.40. The van der Waals surface area contributed by atoms with E-state index in [2.05, 4.69) is 59.0 Å². The molecule has 0 radical (unpaired) electrons. The molecule has 0 aliphatic carbocycles. The molecule has 5 aromatic rings. The number of ether oxygens (including phenoxy) is 2. The summed E-state index contributed by atoms with van der Waals surface area (Å²) >= 11 is 5.68. The number of carbonyl (C=O) groups is 1. The van der Waals surface area contributed by atoms with E-state index in [9.17, 15) is 19.7 Å². The van der Waals surface area contributed by atoms with Crippen molar-refractivity contribution in [3.8, 4) is 5.75 Å². The first kappa shape index (κ1) is 35.7. The molecule has 1 aliphatic rings. The van der Waals surface area contributed by atoms with Crippen LogP contribution in [-0.2, 0) is 16.1 Å². The van der Waals surface area contributed by atoms with E-state index in [4.69, 9.17) is 14.5 Å². The fraction of sp³-hybridized carbons (Fsp3) is 0.184. The van der Waals surface area contributed by atoms with Crippen molar-refractivity contribution < 1.29 is 19.2 Å². The van der Waals surface area contributed by atoms with E-state index in [-0.39, 0.29) is 24.5 Å². The van der Waals surface area contributed by atoms with Crippen molar-refractivity contribution in [2.45, 2.75) is 39.3 Å². The Morgan fingerprint density at radius 1 is 1.04 bits per heavy atom. The summed E-state index contributed by atoms with van der Waals surface area (Å²) in [6.07, 6.45) is 1.80. The Hall–Kier alpha value is -4.15. The highest BCUT2D eigenvalue weighted by Crippen LogP contribution is 2.36. The molecule has 2 heterocycles. The summed E-state index contributed by atoms with van der Waals surface area (Å²) in [5.41, 5.74) is 4.57. The molecule has 4 aromatic carbocycles. The summed E-state index contributed by atoms with van der Waals surface area (Å²) in [5.74, 6) is 0.351. The number of thiazole rings is 1. The van der Waals surface area contributed by atoms with Gasteiger partial charge in [-0.1, -0.05) is 79.8 Å². The average molecular weight is 912 g/mol. The van der Waals surface area contributed by atoms with Gasteiger partial charge in [0.2, 0.25) is 0 Å². The van der Waals surface area contributed by atoms with Gasteiger partial charge in [0.1, 0.15) is 12.4 Å². The minimum atomic E-state index is -0.780. The van der Waals surface area contributed by atoms with Crippen molar-refractivity contribution in [1.82, 2.24) is 4.57 Å². The van der Waals surface area contributed by atoms with E-state index >= 15 is 0 Å². The molecule has 0 amide bonds. The average Bonchev–Trinajstić information content (AvgIpc) is 3.41. The van der Waals surface area contributed by atoms with Crippen LogP contribution in [-0.4, -0.2) is 22.1 Å². The van der Waals surface area contributed by atoms with Gasteiger partial charge in [0.15, 0.2) is 4.80 Å². The number of nitro groups is 1. The Morgan fingerprint density at radius 3 is 2.38 bits per heavy atom. The molecular formula is C38H31I2N3O6S. The predicted octanol–water partition coefficient (Wildman–Crippen LogP) is 7.76. The molecule has 0 saturated carbocycles. The SMILES string of the molecule is CCOC(=O)C1=C(c2ccccc2)N=c2s/c(=C\c3cc(I)cc(I)c3OCc3ccc([N+](=O)[O-])cc3)c(=O)n2[C@H]1c1ccc(C(C)C)cc1. The summed E-state index contributed by atoms with van der Waals surface area (Å²) in [4.78, 5) is 44.4. The highest BCUT2D eigenvalue weighted by molar-refractivity contribution is 14.1. The van der Waals surface area contributed by atoms with Gasteiger partial charge in [-0.2, -0.15) is 0 Å². The maximum absolute atomic E-state index is 14.5. The number of nitro benzene ring substituents is 1. The number of benzene rings is 4. The van der Waals surface area contributed by atoms with Crippen LogP contribution in [0.1, 0.15) is 60.5 Å². The largest absolute Gasteiger partial charge is 0.487 e. The molecule has 0 spiro atoms. The monoisotopic (exact) mass is 911 g/mol. The molecule has 50 heavy (non-hydrogen) atoms. The van der Waals surface area contributed by atoms with Crippen LogP contribution in [0.2, 0.25) is 0 Å². The van der Waals surface area contributed by atoms with Gasteiger partial charge in [0, 0.05) is 26.8 Å². The van der Waals surface area contributed by atoms with E-state index in [0.717, 1.165) is 29.4 Å². The molecule has 1 atom stereocenters. The number of non-ortho nitro benzene ring substituents is 1. The summed E-state index contributed by atoms with van der Waals surface area (Å²) in [6, 6.07) is 26.8. The second-order valence-electron chi connectivity index (χ2n) is 11.8. The number of halogens is 2. The van der Waals surface area contributed by atoms with Crippen molar-refractivity contribution >= 4 is 79.9 Å². The molecule has 0 bridgehead atoms. The normalized spacial score (nSPS) is 14.4. The van der Waals surface area contributed by atoms with Gasteiger partial charge in [0.25, 0.3) is 11.2 Å². The molecule has 9 nitrogen and oxygen atoms in total. The Balaban J connectivity index is 1.52. The number of hydrogen-bond acceptors (Lipinski definition) is 8. The summed E-state index contributed by atoms with van der Waals surface area (Å²) in [5, 5.41) is 11.1.